The van der Waals surface area contributed by atoms with Crippen molar-refractivity contribution in [2.45, 2.75) is 45.7 Å². The summed E-state index contributed by atoms with van der Waals surface area (Å²) in [5.41, 5.74) is 1.41. The van der Waals surface area contributed by atoms with E-state index in [9.17, 15) is 0 Å². The molecule has 0 amide bonds. The van der Waals surface area contributed by atoms with Gasteiger partial charge < -0.3 is 5.32 Å². The fourth-order valence-corrected chi connectivity index (χ4v) is 2.58. The number of nitrogens with one attached hydrogen (secondary N) is 1. The second-order valence-electron chi connectivity index (χ2n) is 6.01. The van der Waals surface area contributed by atoms with Crippen LogP contribution < -0.4 is 5.32 Å². The normalized spacial score (nSPS) is 17.1. The first-order valence-corrected chi connectivity index (χ1v) is 7.73. The number of hydrogen-bond acceptors (Lipinski definition) is 2. The van der Waals surface area contributed by atoms with Crippen LogP contribution in [0.25, 0.3) is 0 Å². The van der Waals surface area contributed by atoms with Crippen molar-refractivity contribution < 1.29 is 0 Å². The second kappa shape index (κ2) is 7.06. The van der Waals surface area contributed by atoms with Gasteiger partial charge in [-0.3, -0.25) is 4.90 Å². The number of nitrogens with zero attached hydrogens (tertiary/aromatic N) is 1. The molecule has 19 heavy (non-hydrogen) atoms. The molecule has 1 fully saturated rings. The van der Waals surface area contributed by atoms with Crippen LogP contribution in [0, 0.1) is 5.92 Å². The molecular formula is C17H28N2. The summed E-state index contributed by atoms with van der Waals surface area (Å²) in [7, 11) is 0. The van der Waals surface area contributed by atoms with E-state index in [0.29, 0.717) is 12.1 Å². The Bertz CT molecular complexity index is 357. The van der Waals surface area contributed by atoms with E-state index in [-0.39, 0.29) is 0 Å². The minimum atomic E-state index is 0.451. The fraction of sp³-hybridized carbons (Fsp3) is 0.647. The number of benzene rings is 1. The van der Waals surface area contributed by atoms with Crippen molar-refractivity contribution in [2.24, 2.45) is 5.92 Å². The predicted molar refractivity (Wildman–Crippen MR) is 82.3 cm³/mol. The van der Waals surface area contributed by atoms with Crippen LogP contribution in [-0.4, -0.2) is 30.6 Å². The third-order valence-electron chi connectivity index (χ3n) is 3.99. The molecule has 0 aromatic heterocycles. The molecule has 0 bridgehead atoms. The first-order chi connectivity index (χ1) is 9.20. The third-order valence-corrected chi connectivity index (χ3v) is 3.99. The monoisotopic (exact) mass is 260 g/mol. The van der Waals surface area contributed by atoms with Crippen LogP contribution in [0.15, 0.2) is 30.3 Å². The van der Waals surface area contributed by atoms with Crippen LogP contribution >= 0.6 is 0 Å². The van der Waals surface area contributed by atoms with Gasteiger partial charge in [0, 0.05) is 25.2 Å². The number of likely N-dealkylation sites (N-methyl/N-ethyl adjacent to an activating group) is 1. The molecule has 1 aliphatic carbocycles. The average Bonchev–Trinajstić information content (AvgIpc) is 3.22. The first-order valence-electron chi connectivity index (χ1n) is 7.73. The number of hydrogen-bond donors (Lipinski definition) is 1. The lowest BCUT2D eigenvalue weighted by molar-refractivity contribution is 0.190. The fourth-order valence-electron chi connectivity index (χ4n) is 2.58. The van der Waals surface area contributed by atoms with Crippen molar-refractivity contribution in [1.82, 2.24) is 10.2 Å². The molecule has 2 nitrogen and oxygen atoms in total. The molecule has 1 unspecified atom stereocenters. The van der Waals surface area contributed by atoms with E-state index in [0.717, 1.165) is 19.0 Å². The van der Waals surface area contributed by atoms with Crippen molar-refractivity contribution in [3.63, 3.8) is 0 Å². The van der Waals surface area contributed by atoms with Crippen LogP contribution in [0.4, 0.5) is 0 Å². The van der Waals surface area contributed by atoms with Crippen LogP contribution in [0.1, 0.15) is 45.2 Å². The molecule has 1 aromatic rings. The van der Waals surface area contributed by atoms with E-state index in [1.165, 1.54) is 24.9 Å². The van der Waals surface area contributed by atoms with E-state index in [2.05, 4.69) is 61.3 Å². The molecule has 0 heterocycles. The quantitative estimate of drug-likeness (QED) is 0.770. The van der Waals surface area contributed by atoms with Gasteiger partial charge in [-0.2, -0.15) is 0 Å². The second-order valence-corrected chi connectivity index (χ2v) is 6.01. The van der Waals surface area contributed by atoms with Crippen LogP contribution in [0.5, 0.6) is 0 Å². The average molecular weight is 260 g/mol. The predicted octanol–water partition coefficient (Wildman–Crippen LogP) is 3.46. The molecule has 1 N–H and O–H groups in total. The summed E-state index contributed by atoms with van der Waals surface area (Å²) < 4.78 is 0. The Hall–Kier alpha value is -0.860. The highest BCUT2D eigenvalue weighted by Gasteiger charge is 2.27. The van der Waals surface area contributed by atoms with Crippen molar-refractivity contribution in [1.29, 1.82) is 0 Å². The lowest BCUT2D eigenvalue weighted by Crippen LogP contribution is -2.40. The van der Waals surface area contributed by atoms with Crippen molar-refractivity contribution in [2.75, 3.05) is 19.6 Å². The smallest absolute Gasteiger partial charge is 0.0449 e. The molecule has 2 heteroatoms. The molecule has 2 rings (SSSR count). The van der Waals surface area contributed by atoms with Crippen molar-refractivity contribution in [3.8, 4) is 0 Å². The van der Waals surface area contributed by atoms with E-state index in [4.69, 9.17) is 0 Å². The third kappa shape index (κ3) is 4.63. The Morgan fingerprint density at radius 3 is 2.42 bits per heavy atom. The summed E-state index contributed by atoms with van der Waals surface area (Å²) in [4.78, 5) is 2.64. The van der Waals surface area contributed by atoms with E-state index in [1.54, 1.807) is 0 Å². The zero-order valence-electron chi connectivity index (χ0n) is 12.6. The summed E-state index contributed by atoms with van der Waals surface area (Å²) in [6, 6.07) is 11.9. The summed E-state index contributed by atoms with van der Waals surface area (Å²) in [6.45, 7) is 10.2. The van der Waals surface area contributed by atoms with Gasteiger partial charge in [0.15, 0.2) is 0 Å². The van der Waals surface area contributed by atoms with Gasteiger partial charge >= 0.3 is 0 Å². The van der Waals surface area contributed by atoms with Gasteiger partial charge in [0.25, 0.3) is 0 Å². The topological polar surface area (TPSA) is 15.3 Å². The van der Waals surface area contributed by atoms with E-state index >= 15 is 0 Å². The molecule has 0 aliphatic heterocycles. The summed E-state index contributed by atoms with van der Waals surface area (Å²) in [5, 5.41) is 3.64. The van der Waals surface area contributed by atoms with Gasteiger partial charge in [-0.25, -0.2) is 0 Å². The maximum Gasteiger partial charge on any atom is 0.0449 e. The maximum atomic E-state index is 3.64. The first kappa shape index (κ1) is 14.5. The maximum absolute atomic E-state index is 3.64. The molecule has 1 saturated carbocycles. The summed E-state index contributed by atoms with van der Waals surface area (Å²) in [5.74, 6) is 0.959. The molecule has 106 valence electrons. The van der Waals surface area contributed by atoms with Crippen LogP contribution in [0.3, 0.4) is 0 Å². The largest absolute Gasteiger partial charge is 0.309 e. The molecule has 1 aliphatic rings. The van der Waals surface area contributed by atoms with Crippen molar-refractivity contribution >= 4 is 0 Å². The standard InChI is InChI=1S/C17H28N2/c1-4-18-17(16-8-6-5-7-9-16)13-19(14(2)3)12-15-10-11-15/h5-9,14-15,17-18H,4,10-13H2,1-3H3. The lowest BCUT2D eigenvalue weighted by Gasteiger charge is -2.31. The highest BCUT2D eigenvalue weighted by atomic mass is 15.2. The van der Waals surface area contributed by atoms with Crippen LogP contribution in [-0.2, 0) is 0 Å². The molecular weight excluding hydrogens is 232 g/mol. The molecule has 1 atom stereocenters. The molecule has 0 spiro atoms. The molecule has 1 aromatic carbocycles. The van der Waals surface area contributed by atoms with Gasteiger partial charge in [-0.05, 0) is 44.7 Å². The van der Waals surface area contributed by atoms with Crippen molar-refractivity contribution in [3.05, 3.63) is 35.9 Å². The minimum Gasteiger partial charge on any atom is -0.309 e. The van der Waals surface area contributed by atoms with E-state index < -0.39 is 0 Å². The van der Waals surface area contributed by atoms with Gasteiger partial charge in [0.1, 0.15) is 0 Å². The SMILES string of the molecule is CCNC(CN(CC1CC1)C(C)C)c1ccccc1. The van der Waals surface area contributed by atoms with Gasteiger partial charge in [0.2, 0.25) is 0 Å². The van der Waals surface area contributed by atoms with Gasteiger partial charge in [-0.15, -0.1) is 0 Å². The Morgan fingerprint density at radius 2 is 1.89 bits per heavy atom. The lowest BCUT2D eigenvalue weighted by atomic mass is 10.1. The zero-order valence-corrected chi connectivity index (χ0v) is 12.6. The Kier molecular flexibility index (Phi) is 5.41. The molecule has 0 radical (unpaired) electrons. The van der Waals surface area contributed by atoms with Gasteiger partial charge in [-0.1, -0.05) is 37.3 Å². The molecule has 0 saturated heterocycles. The van der Waals surface area contributed by atoms with Gasteiger partial charge in [0.05, 0.1) is 0 Å². The Morgan fingerprint density at radius 1 is 1.21 bits per heavy atom. The highest BCUT2D eigenvalue weighted by molar-refractivity contribution is 5.19. The minimum absolute atomic E-state index is 0.451. The Labute approximate surface area is 118 Å². The summed E-state index contributed by atoms with van der Waals surface area (Å²) in [6.07, 6.45) is 2.86. The Balaban J connectivity index is 2.01. The van der Waals surface area contributed by atoms with Crippen LogP contribution in [0.2, 0.25) is 0 Å². The van der Waals surface area contributed by atoms with E-state index in [1.807, 2.05) is 0 Å². The summed E-state index contributed by atoms with van der Waals surface area (Å²) >= 11 is 0. The zero-order chi connectivity index (χ0) is 13.7. The number of rotatable bonds is 8. The highest BCUT2D eigenvalue weighted by Crippen LogP contribution is 2.31.